The minimum Gasteiger partial charge on any atom is -0.332 e. The lowest BCUT2D eigenvalue weighted by molar-refractivity contribution is -0.145. The van der Waals surface area contributed by atoms with Gasteiger partial charge in [-0.1, -0.05) is 79.6 Å². The maximum Gasteiger partial charge on any atom is 0.226 e. The van der Waals surface area contributed by atoms with Crippen LogP contribution in [0.3, 0.4) is 0 Å². The molecule has 170 valence electrons. The Kier molecular flexibility index (Phi) is 7.14. The molecular formula is C26H43NO3. The standard InChI is InChI=1S/C26H43NO3/c1-18-24(30)27-16-20-22(26(20,4)5)23(27)21(29)15-19(17-28)13-11-9-7-6-8-10-12-14-25(18,2)3/h17-20,22-23H,6-16H2,1-5H3/t18-,19-,20?,22+,23-/m1/s1. The molecule has 1 unspecified atom stereocenters. The number of hydrogen-bond donors (Lipinski definition) is 0. The molecule has 4 nitrogen and oxygen atoms in total. The molecule has 3 rings (SSSR count). The van der Waals surface area contributed by atoms with Crippen molar-refractivity contribution in [1.29, 1.82) is 0 Å². The molecule has 2 saturated heterocycles. The second kappa shape index (κ2) is 9.12. The number of carbonyl (C=O) groups is 3. The summed E-state index contributed by atoms with van der Waals surface area (Å²) in [5, 5.41) is 0. The topological polar surface area (TPSA) is 54.5 Å². The van der Waals surface area contributed by atoms with Crippen LogP contribution >= 0.6 is 0 Å². The average molecular weight is 418 g/mol. The zero-order valence-electron chi connectivity index (χ0n) is 19.9. The molecule has 3 fully saturated rings. The Bertz CT molecular complexity index is 653. The van der Waals surface area contributed by atoms with E-state index in [0.29, 0.717) is 18.9 Å². The zero-order chi connectivity index (χ0) is 22.1. The van der Waals surface area contributed by atoms with Gasteiger partial charge in [-0.15, -0.1) is 0 Å². The van der Waals surface area contributed by atoms with Gasteiger partial charge in [0.2, 0.25) is 5.91 Å². The summed E-state index contributed by atoms with van der Waals surface area (Å²) in [5.74, 6) is 0.664. The van der Waals surface area contributed by atoms with E-state index in [9.17, 15) is 14.4 Å². The Morgan fingerprint density at radius 3 is 2.17 bits per heavy atom. The van der Waals surface area contributed by atoms with Crippen molar-refractivity contribution >= 4 is 18.0 Å². The molecule has 3 aliphatic rings. The predicted octanol–water partition coefficient (Wildman–Crippen LogP) is 5.43. The molecule has 0 spiro atoms. The number of piperidine rings is 1. The Labute approximate surface area is 183 Å². The first kappa shape index (κ1) is 23.5. The fourth-order valence-corrected chi connectivity index (χ4v) is 6.15. The third-order valence-electron chi connectivity index (χ3n) is 8.92. The number of amides is 1. The molecule has 1 saturated carbocycles. The van der Waals surface area contributed by atoms with Crippen LogP contribution < -0.4 is 0 Å². The van der Waals surface area contributed by atoms with Gasteiger partial charge in [-0.05, 0) is 35.5 Å². The van der Waals surface area contributed by atoms with Crippen LogP contribution in [-0.4, -0.2) is 35.5 Å². The molecule has 5 atom stereocenters. The van der Waals surface area contributed by atoms with Crippen LogP contribution in [-0.2, 0) is 14.4 Å². The van der Waals surface area contributed by atoms with Crippen LogP contribution in [0.15, 0.2) is 0 Å². The lowest BCUT2D eigenvalue weighted by atomic mass is 9.75. The Hall–Kier alpha value is -1.19. The van der Waals surface area contributed by atoms with Gasteiger partial charge in [0.25, 0.3) is 0 Å². The van der Waals surface area contributed by atoms with Crippen LogP contribution in [0.4, 0.5) is 0 Å². The van der Waals surface area contributed by atoms with E-state index in [1.165, 1.54) is 32.1 Å². The highest BCUT2D eigenvalue weighted by Crippen LogP contribution is 2.65. The smallest absolute Gasteiger partial charge is 0.226 e. The zero-order valence-corrected chi connectivity index (χ0v) is 19.9. The molecule has 0 bridgehead atoms. The lowest BCUT2D eigenvalue weighted by Gasteiger charge is -2.38. The van der Waals surface area contributed by atoms with Crippen molar-refractivity contribution in [2.45, 2.75) is 105 Å². The summed E-state index contributed by atoms with van der Waals surface area (Å²) in [4.78, 5) is 40.5. The first-order valence-electron chi connectivity index (χ1n) is 12.4. The highest BCUT2D eigenvalue weighted by Gasteiger charge is 2.69. The first-order valence-corrected chi connectivity index (χ1v) is 12.4. The van der Waals surface area contributed by atoms with Crippen LogP contribution in [0, 0.1) is 34.5 Å². The van der Waals surface area contributed by atoms with E-state index in [1.54, 1.807) is 0 Å². The Balaban J connectivity index is 1.81. The van der Waals surface area contributed by atoms with Crippen LogP contribution in [0.5, 0.6) is 0 Å². The quantitative estimate of drug-likeness (QED) is 0.535. The number of fused-ring (bicyclic) bond motifs is 3. The van der Waals surface area contributed by atoms with E-state index in [1.807, 2.05) is 4.90 Å². The normalized spacial score (nSPS) is 37.8. The minimum absolute atomic E-state index is 0.0632. The van der Waals surface area contributed by atoms with E-state index < -0.39 is 0 Å². The first-order chi connectivity index (χ1) is 14.1. The second-order valence-corrected chi connectivity index (χ2v) is 11.7. The van der Waals surface area contributed by atoms with Crippen molar-refractivity contribution in [3.8, 4) is 0 Å². The van der Waals surface area contributed by atoms with Crippen molar-refractivity contribution < 1.29 is 14.4 Å². The molecule has 0 aromatic carbocycles. The largest absolute Gasteiger partial charge is 0.332 e. The summed E-state index contributed by atoms with van der Waals surface area (Å²) in [6.45, 7) is 11.6. The van der Waals surface area contributed by atoms with E-state index in [4.69, 9.17) is 0 Å². The fourth-order valence-electron chi connectivity index (χ4n) is 6.15. The number of carbonyl (C=O) groups excluding carboxylic acids is 3. The number of nitrogens with zero attached hydrogens (tertiary/aromatic N) is 1. The van der Waals surface area contributed by atoms with Gasteiger partial charge >= 0.3 is 0 Å². The summed E-state index contributed by atoms with van der Waals surface area (Å²) < 4.78 is 0. The van der Waals surface area contributed by atoms with Gasteiger partial charge in [0.15, 0.2) is 5.78 Å². The monoisotopic (exact) mass is 417 g/mol. The molecule has 1 aliphatic carbocycles. The van der Waals surface area contributed by atoms with E-state index in [0.717, 1.165) is 32.0 Å². The maximum atomic E-state index is 13.6. The Morgan fingerprint density at radius 1 is 0.933 bits per heavy atom. The van der Waals surface area contributed by atoms with Crippen molar-refractivity contribution in [2.75, 3.05) is 6.54 Å². The SMILES string of the molecule is C[C@@H]1C(=O)N2CC3[C@@H]([C@H]2C(=O)C[C@H](C=O)CCCCCCCCCC1(C)C)C3(C)C. The molecule has 0 aromatic rings. The van der Waals surface area contributed by atoms with Gasteiger partial charge in [-0.25, -0.2) is 0 Å². The third-order valence-corrected chi connectivity index (χ3v) is 8.92. The van der Waals surface area contributed by atoms with Crippen molar-refractivity contribution in [3.05, 3.63) is 0 Å². The molecule has 0 radical (unpaired) electrons. The van der Waals surface area contributed by atoms with Crippen LogP contribution in [0.25, 0.3) is 0 Å². The highest BCUT2D eigenvalue weighted by molar-refractivity contribution is 5.92. The third kappa shape index (κ3) is 4.67. The lowest BCUT2D eigenvalue weighted by Crippen LogP contribution is -2.50. The number of Topliss-reactive ketones (excluding diaryl/α,β-unsaturated/α-hetero) is 1. The van der Waals surface area contributed by atoms with Crippen LogP contribution in [0.2, 0.25) is 0 Å². The molecule has 0 N–H and O–H groups in total. The maximum absolute atomic E-state index is 13.6. The predicted molar refractivity (Wildman–Crippen MR) is 120 cm³/mol. The second-order valence-electron chi connectivity index (χ2n) is 11.7. The Morgan fingerprint density at radius 2 is 1.53 bits per heavy atom. The van der Waals surface area contributed by atoms with Gasteiger partial charge in [0.1, 0.15) is 6.29 Å². The van der Waals surface area contributed by atoms with Gasteiger partial charge in [0, 0.05) is 24.8 Å². The summed E-state index contributed by atoms with van der Waals surface area (Å²) >= 11 is 0. The number of ketones is 1. The number of hydrogen-bond acceptors (Lipinski definition) is 3. The summed E-state index contributed by atoms with van der Waals surface area (Å²) in [6.07, 6.45) is 11.4. The minimum atomic E-state index is -0.325. The van der Waals surface area contributed by atoms with Gasteiger partial charge in [0.05, 0.1) is 6.04 Å². The fraction of sp³-hybridized carbons (Fsp3) is 0.885. The van der Waals surface area contributed by atoms with E-state index >= 15 is 0 Å². The highest BCUT2D eigenvalue weighted by atomic mass is 16.2. The van der Waals surface area contributed by atoms with Gasteiger partial charge in [-0.3, -0.25) is 9.59 Å². The summed E-state index contributed by atoms with van der Waals surface area (Å²) in [6, 6.07) is -0.325. The van der Waals surface area contributed by atoms with Gasteiger partial charge < -0.3 is 9.69 Å². The molecule has 4 heteroatoms. The van der Waals surface area contributed by atoms with Crippen molar-refractivity contribution in [2.24, 2.45) is 34.5 Å². The van der Waals surface area contributed by atoms with E-state index in [2.05, 4.69) is 34.6 Å². The molecule has 1 amide bonds. The molecular weight excluding hydrogens is 374 g/mol. The molecule has 30 heavy (non-hydrogen) atoms. The van der Waals surface area contributed by atoms with Crippen LogP contribution in [0.1, 0.15) is 98.8 Å². The molecule has 2 aliphatic heterocycles. The number of rotatable bonds is 1. The average Bonchev–Trinajstić information content (AvgIpc) is 3.04. The summed E-state index contributed by atoms with van der Waals surface area (Å²) in [7, 11) is 0. The molecule has 0 aromatic heterocycles. The van der Waals surface area contributed by atoms with Crippen molar-refractivity contribution in [3.63, 3.8) is 0 Å². The number of aldehydes is 1. The summed E-state index contributed by atoms with van der Waals surface area (Å²) in [5.41, 5.74) is 0.0670. The van der Waals surface area contributed by atoms with Crippen molar-refractivity contribution in [1.82, 2.24) is 4.90 Å². The van der Waals surface area contributed by atoms with Gasteiger partial charge in [-0.2, -0.15) is 0 Å². The van der Waals surface area contributed by atoms with E-state index in [-0.39, 0.29) is 46.3 Å². The molecule has 2 heterocycles.